The fourth-order valence-electron chi connectivity index (χ4n) is 2.48. The van der Waals surface area contributed by atoms with Gasteiger partial charge in [0.2, 0.25) is 0 Å². The Kier molecular flexibility index (Phi) is 5.18. The van der Waals surface area contributed by atoms with E-state index in [0.717, 1.165) is 48.0 Å². The standard InChI is InChI=1S/C17H26N2O/c1-12(6-5-9-18-15-7-8-15)10-16-14(3)17(20-4)13(2)11-19-16/h6,11,15,18H,5,7-10H2,1-4H3. The van der Waals surface area contributed by atoms with Crippen LogP contribution in [0.3, 0.4) is 0 Å². The molecule has 1 aromatic heterocycles. The van der Waals surface area contributed by atoms with E-state index in [1.54, 1.807) is 7.11 Å². The Morgan fingerprint density at radius 2 is 2.20 bits per heavy atom. The minimum atomic E-state index is 0.800. The van der Waals surface area contributed by atoms with Crippen LogP contribution in [0, 0.1) is 13.8 Å². The van der Waals surface area contributed by atoms with E-state index in [9.17, 15) is 0 Å². The van der Waals surface area contributed by atoms with Crippen molar-refractivity contribution in [2.45, 2.75) is 52.5 Å². The summed E-state index contributed by atoms with van der Waals surface area (Å²) < 4.78 is 5.46. The second kappa shape index (κ2) is 6.89. The molecule has 1 aliphatic carbocycles. The third-order valence-corrected chi connectivity index (χ3v) is 3.84. The summed E-state index contributed by atoms with van der Waals surface area (Å²) in [5, 5.41) is 3.53. The predicted octanol–water partition coefficient (Wildman–Crippen LogP) is 3.34. The quantitative estimate of drug-likeness (QED) is 0.611. The predicted molar refractivity (Wildman–Crippen MR) is 83.4 cm³/mol. The highest BCUT2D eigenvalue weighted by atomic mass is 16.5. The van der Waals surface area contributed by atoms with Gasteiger partial charge in [0.25, 0.3) is 0 Å². The summed E-state index contributed by atoms with van der Waals surface area (Å²) in [6, 6.07) is 0.800. The van der Waals surface area contributed by atoms with Gasteiger partial charge in [-0.3, -0.25) is 4.98 Å². The van der Waals surface area contributed by atoms with E-state index in [0.29, 0.717) is 0 Å². The van der Waals surface area contributed by atoms with Gasteiger partial charge in [0.15, 0.2) is 0 Å². The molecule has 110 valence electrons. The fraction of sp³-hybridized carbons (Fsp3) is 0.588. The van der Waals surface area contributed by atoms with Gasteiger partial charge in [-0.25, -0.2) is 0 Å². The second-order valence-electron chi connectivity index (χ2n) is 5.79. The van der Waals surface area contributed by atoms with Gasteiger partial charge < -0.3 is 10.1 Å². The first-order valence-corrected chi connectivity index (χ1v) is 7.50. The van der Waals surface area contributed by atoms with E-state index >= 15 is 0 Å². The van der Waals surface area contributed by atoms with Gasteiger partial charge in [-0.15, -0.1) is 0 Å². The van der Waals surface area contributed by atoms with E-state index in [-0.39, 0.29) is 0 Å². The Hall–Kier alpha value is -1.35. The lowest BCUT2D eigenvalue weighted by Gasteiger charge is -2.12. The maximum atomic E-state index is 5.46. The van der Waals surface area contributed by atoms with Gasteiger partial charge in [-0.1, -0.05) is 11.6 Å². The zero-order valence-corrected chi connectivity index (χ0v) is 13.1. The van der Waals surface area contributed by atoms with Crippen molar-refractivity contribution in [3.63, 3.8) is 0 Å². The number of ether oxygens (including phenoxy) is 1. The summed E-state index contributed by atoms with van der Waals surface area (Å²) in [5.74, 6) is 0.971. The molecule has 1 heterocycles. The zero-order valence-electron chi connectivity index (χ0n) is 13.1. The van der Waals surface area contributed by atoms with Crippen LogP contribution in [0.5, 0.6) is 5.75 Å². The van der Waals surface area contributed by atoms with Crippen LogP contribution in [-0.2, 0) is 6.42 Å². The topological polar surface area (TPSA) is 34.1 Å². The average molecular weight is 274 g/mol. The van der Waals surface area contributed by atoms with Gasteiger partial charge in [0, 0.05) is 29.8 Å². The fourth-order valence-corrected chi connectivity index (χ4v) is 2.48. The molecule has 0 atom stereocenters. The van der Waals surface area contributed by atoms with Gasteiger partial charge in [0.1, 0.15) is 5.75 Å². The van der Waals surface area contributed by atoms with E-state index in [2.05, 4.69) is 30.2 Å². The SMILES string of the molecule is COc1c(C)cnc(CC(C)=CCCNC2CC2)c1C. The Bertz CT molecular complexity index is 490. The molecule has 1 saturated carbocycles. The molecule has 3 nitrogen and oxygen atoms in total. The van der Waals surface area contributed by atoms with Crippen LogP contribution in [0.1, 0.15) is 43.0 Å². The van der Waals surface area contributed by atoms with Crippen LogP contribution in [0.25, 0.3) is 0 Å². The molecule has 0 unspecified atom stereocenters. The van der Waals surface area contributed by atoms with E-state index in [4.69, 9.17) is 4.74 Å². The molecular weight excluding hydrogens is 248 g/mol. The van der Waals surface area contributed by atoms with Crippen molar-refractivity contribution in [3.05, 3.63) is 34.7 Å². The van der Waals surface area contributed by atoms with Gasteiger partial charge in [-0.05, 0) is 46.6 Å². The first-order chi connectivity index (χ1) is 9.61. The minimum Gasteiger partial charge on any atom is -0.496 e. The molecule has 1 aliphatic rings. The van der Waals surface area contributed by atoms with E-state index in [1.165, 1.54) is 18.4 Å². The molecule has 20 heavy (non-hydrogen) atoms. The molecule has 0 bridgehead atoms. The Labute approximate surface area is 122 Å². The Morgan fingerprint density at radius 1 is 1.45 bits per heavy atom. The normalized spacial score (nSPS) is 15.5. The first-order valence-electron chi connectivity index (χ1n) is 7.50. The highest BCUT2D eigenvalue weighted by Gasteiger charge is 2.19. The number of methoxy groups -OCH3 is 1. The van der Waals surface area contributed by atoms with Crippen molar-refractivity contribution in [3.8, 4) is 5.75 Å². The molecule has 0 spiro atoms. The zero-order chi connectivity index (χ0) is 14.5. The number of hydrogen-bond acceptors (Lipinski definition) is 3. The number of rotatable bonds is 7. The molecular formula is C17H26N2O. The summed E-state index contributed by atoms with van der Waals surface area (Å²) in [7, 11) is 1.73. The summed E-state index contributed by atoms with van der Waals surface area (Å²) in [6.45, 7) is 7.40. The summed E-state index contributed by atoms with van der Waals surface area (Å²) in [5.41, 5.74) is 4.76. The average Bonchev–Trinajstić information content (AvgIpc) is 3.23. The molecule has 1 N–H and O–H groups in total. The third-order valence-electron chi connectivity index (χ3n) is 3.84. The molecule has 0 aliphatic heterocycles. The van der Waals surface area contributed by atoms with Crippen LogP contribution < -0.4 is 10.1 Å². The van der Waals surface area contributed by atoms with Crippen molar-refractivity contribution in [2.24, 2.45) is 0 Å². The minimum absolute atomic E-state index is 0.800. The monoisotopic (exact) mass is 274 g/mol. The van der Waals surface area contributed by atoms with Crippen LogP contribution in [-0.4, -0.2) is 24.7 Å². The van der Waals surface area contributed by atoms with Crippen molar-refractivity contribution in [1.29, 1.82) is 0 Å². The number of nitrogens with one attached hydrogen (secondary N) is 1. The highest BCUT2D eigenvalue weighted by molar-refractivity contribution is 5.42. The molecule has 0 amide bonds. The number of pyridine rings is 1. The number of nitrogens with zero attached hydrogens (tertiary/aromatic N) is 1. The van der Waals surface area contributed by atoms with Crippen molar-refractivity contribution >= 4 is 0 Å². The van der Waals surface area contributed by atoms with Crippen LogP contribution >= 0.6 is 0 Å². The number of aryl methyl sites for hydroxylation is 1. The van der Waals surface area contributed by atoms with Crippen molar-refractivity contribution in [1.82, 2.24) is 10.3 Å². The van der Waals surface area contributed by atoms with E-state index < -0.39 is 0 Å². The molecule has 1 aromatic rings. The maximum Gasteiger partial charge on any atom is 0.128 e. The lowest BCUT2D eigenvalue weighted by molar-refractivity contribution is 0.407. The van der Waals surface area contributed by atoms with Crippen LogP contribution in [0.15, 0.2) is 17.8 Å². The molecule has 0 saturated heterocycles. The third kappa shape index (κ3) is 4.07. The molecule has 1 fully saturated rings. The lowest BCUT2D eigenvalue weighted by Crippen LogP contribution is -2.16. The van der Waals surface area contributed by atoms with Gasteiger partial charge >= 0.3 is 0 Å². The summed E-state index contributed by atoms with van der Waals surface area (Å²) >= 11 is 0. The summed E-state index contributed by atoms with van der Waals surface area (Å²) in [6.07, 6.45) is 8.95. The molecule has 2 rings (SSSR count). The van der Waals surface area contributed by atoms with Gasteiger partial charge in [-0.2, -0.15) is 0 Å². The summed E-state index contributed by atoms with van der Waals surface area (Å²) in [4.78, 5) is 4.56. The molecule has 3 heteroatoms. The molecule has 0 radical (unpaired) electrons. The highest BCUT2D eigenvalue weighted by Crippen LogP contribution is 2.25. The van der Waals surface area contributed by atoms with E-state index in [1.807, 2.05) is 13.1 Å². The smallest absolute Gasteiger partial charge is 0.128 e. The van der Waals surface area contributed by atoms with Gasteiger partial charge in [0.05, 0.1) is 12.8 Å². The Balaban J connectivity index is 1.92. The largest absolute Gasteiger partial charge is 0.496 e. The number of hydrogen-bond donors (Lipinski definition) is 1. The number of allylic oxidation sites excluding steroid dienone is 1. The van der Waals surface area contributed by atoms with Crippen molar-refractivity contribution < 1.29 is 4.74 Å². The lowest BCUT2D eigenvalue weighted by atomic mass is 10.0. The second-order valence-corrected chi connectivity index (χ2v) is 5.79. The first kappa shape index (κ1) is 15.0. The van der Waals surface area contributed by atoms with Crippen LogP contribution in [0.4, 0.5) is 0 Å². The number of aromatic nitrogens is 1. The Morgan fingerprint density at radius 3 is 2.85 bits per heavy atom. The van der Waals surface area contributed by atoms with Crippen LogP contribution in [0.2, 0.25) is 0 Å². The molecule has 0 aromatic carbocycles. The van der Waals surface area contributed by atoms with Crippen molar-refractivity contribution in [2.75, 3.05) is 13.7 Å². The maximum absolute atomic E-state index is 5.46.